The Morgan fingerprint density at radius 3 is 2.82 bits per heavy atom. The molecule has 0 radical (unpaired) electrons. The van der Waals surface area contributed by atoms with Crippen LogP contribution >= 0.6 is 11.8 Å². The quantitative estimate of drug-likeness (QED) is 0.674. The highest BCUT2D eigenvalue weighted by atomic mass is 32.2. The van der Waals surface area contributed by atoms with Crippen molar-refractivity contribution in [3.63, 3.8) is 0 Å². The molecule has 0 spiro atoms. The van der Waals surface area contributed by atoms with Crippen LogP contribution in [-0.2, 0) is 27.1 Å². The number of hydrogen-bond donors (Lipinski definition) is 1. The minimum atomic E-state index is -1.25. The van der Waals surface area contributed by atoms with E-state index in [9.17, 15) is 4.79 Å². The molecule has 0 bridgehead atoms. The van der Waals surface area contributed by atoms with Crippen LogP contribution in [0.3, 0.4) is 0 Å². The summed E-state index contributed by atoms with van der Waals surface area (Å²) >= 11 is 1.58. The molecular formula is C21H28N2O4S. The van der Waals surface area contributed by atoms with E-state index in [0.717, 1.165) is 41.2 Å². The average molecular weight is 405 g/mol. The number of furan rings is 1. The highest BCUT2D eigenvalue weighted by Crippen LogP contribution is 2.39. The van der Waals surface area contributed by atoms with Crippen molar-refractivity contribution in [2.75, 3.05) is 12.0 Å². The van der Waals surface area contributed by atoms with Gasteiger partial charge in [0.2, 0.25) is 5.79 Å². The SMILES string of the molecule is CSC[C@H](N)[C@@]1(Cc2nccc3oc(CCC4CC4)cc23)OC(C)(C)OC1=O. The number of thioether (sulfide) groups is 1. The number of carbonyl (C=O) groups is 1. The second-order valence-corrected chi connectivity index (χ2v) is 9.29. The Morgan fingerprint density at radius 1 is 1.39 bits per heavy atom. The molecule has 1 aliphatic carbocycles. The van der Waals surface area contributed by atoms with Gasteiger partial charge in [-0.05, 0) is 30.7 Å². The van der Waals surface area contributed by atoms with Gasteiger partial charge in [0, 0.05) is 44.0 Å². The van der Waals surface area contributed by atoms with Gasteiger partial charge in [-0.3, -0.25) is 4.98 Å². The molecule has 4 rings (SSSR count). The minimum absolute atomic E-state index is 0.260. The molecule has 1 aliphatic heterocycles. The minimum Gasteiger partial charge on any atom is -0.461 e. The van der Waals surface area contributed by atoms with Gasteiger partial charge in [-0.2, -0.15) is 11.8 Å². The lowest BCUT2D eigenvalue weighted by atomic mass is 9.89. The number of nitrogens with zero attached hydrogens (tertiary/aromatic N) is 1. The second-order valence-electron chi connectivity index (χ2n) is 8.38. The monoisotopic (exact) mass is 404 g/mol. The molecule has 3 heterocycles. The number of hydrogen-bond acceptors (Lipinski definition) is 7. The van der Waals surface area contributed by atoms with Gasteiger partial charge in [0.05, 0.1) is 11.7 Å². The van der Waals surface area contributed by atoms with Crippen LogP contribution in [0.4, 0.5) is 0 Å². The van der Waals surface area contributed by atoms with Crippen LogP contribution in [0.1, 0.15) is 44.6 Å². The predicted molar refractivity (Wildman–Crippen MR) is 109 cm³/mol. The smallest absolute Gasteiger partial charge is 0.343 e. The van der Waals surface area contributed by atoms with E-state index in [4.69, 9.17) is 19.6 Å². The normalized spacial score (nSPS) is 25.2. The highest BCUT2D eigenvalue weighted by molar-refractivity contribution is 7.98. The molecule has 6 nitrogen and oxygen atoms in total. The summed E-state index contributed by atoms with van der Waals surface area (Å²) in [5.74, 6) is 0.970. The largest absolute Gasteiger partial charge is 0.461 e. The topological polar surface area (TPSA) is 87.6 Å². The van der Waals surface area contributed by atoms with Crippen molar-refractivity contribution in [3.05, 3.63) is 29.8 Å². The zero-order chi connectivity index (χ0) is 19.9. The van der Waals surface area contributed by atoms with Crippen LogP contribution in [0, 0.1) is 5.92 Å². The molecule has 2 aromatic heterocycles. The van der Waals surface area contributed by atoms with E-state index >= 15 is 0 Å². The van der Waals surface area contributed by atoms with E-state index in [0.29, 0.717) is 5.75 Å². The number of esters is 1. The van der Waals surface area contributed by atoms with Crippen molar-refractivity contribution < 1.29 is 18.7 Å². The Kier molecular flexibility index (Phi) is 5.18. The Hall–Kier alpha value is -1.57. The number of pyridine rings is 1. The maximum absolute atomic E-state index is 12.9. The molecule has 1 saturated heterocycles. The van der Waals surface area contributed by atoms with E-state index in [1.54, 1.807) is 31.8 Å². The third-order valence-electron chi connectivity index (χ3n) is 5.56. The number of carbonyl (C=O) groups excluding carboxylic acids is 1. The van der Waals surface area contributed by atoms with Gasteiger partial charge in [0.1, 0.15) is 11.3 Å². The van der Waals surface area contributed by atoms with Gasteiger partial charge in [0.15, 0.2) is 5.60 Å². The molecular weight excluding hydrogens is 376 g/mol. The predicted octanol–water partition coefficient (Wildman–Crippen LogP) is 3.45. The molecule has 0 aromatic carbocycles. The summed E-state index contributed by atoms with van der Waals surface area (Å²) in [6.45, 7) is 3.47. The summed E-state index contributed by atoms with van der Waals surface area (Å²) in [6, 6.07) is 3.42. The average Bonchev–Trinajstić information content (AvgIpc) is 3.30. The number of aryl methyl sites for hydroxylation is 1. The standard InChI is InChI=1S/C21H28N2O4S/c1-20(2)26-19(24)21(27-20,18(22)12-28-3)11-16-15-10-14(7-6-13-4-5-13)25-17(15)8-9-23-16/h8-10,13,18H,4-7,11-12,22H2,1-3H3/t18-,21+/m0/s1. The van der Waals surface area contributed by atoms with Gasteiger partial charge in [0.25, 0.3) is 0 Å². The van der Waals surface area contributed by atoms with Crippen molar-refractivity contribution in [1.29, 1.82) is 0 Å². The van der Waals surface area contributed by atoms with Crippen molar-refractivity contribution >= 4 is 28.7 Å². The van der Waals surface area contributed by atoms with Crippen LogP contribution in [0.2, 0.25) is 0 Å². The van der Waals surface area contributed by atoms with Crippen molar-refractivity contribution in [2.24, 2.45) is 11.7 Å². The molecule has 2 aromatic rings. The molecule has 7 heteroatoms. The van der Waals surface area contributed by atoms with Crippen LogP contribution in [-0.4, -0.2) is 40.4 Å². The van der Waals surface area contributed by atoms with Crippen LogP contribution in [0.15, 0.2) is 22.7 Å². The summed E-state index contributed by atoms with van der Waals surface area (Å²) < 4.78 is 17.6. The molecule has 0 unspecified atom stereocenters. The van der Waals surface area contributed by atoms with E-state index < -0.39 is 23.4 Å². The first-order valence-electron chi connectivity index (χ1n) is 9.87. The summed E-state index contributed by atoms with van der Waals surface area (Å²) in [6.07, 6.45) is 8.69. The molecule has 152 valence electrons. The summed E-state index contributed by atoms with van der Waals surface area (Å²) in [5.41, 5.74) is 6.71. The van der Waals surface area contributed by atoms with E-state index in [1.165, 1.54) is 12.8 Å². The Labute approximate surface area is 169 Å². The molecule has 2 fully saturated rings. The van der Waals surface area contributed by atoms with Crippen molar-refractivity contribution in [1.82, 2.24) is 4.98 Å². The number of aromatic nitrogens is 1. The van der Waals surface area contributed by atoms with Crippen LogP contribution < -0.4 is 5.73 Å². The Morgan fingerprint density at radius 2 is 2.18 bits per heavy atom. The maximum Gasteiger partial charge on any atom is 0.343 e. The first-order chi connectivity index (χ1) is 13.3. The molecule has 2 N–H and O–H groups in total. The number of nitrogens with two attached hydrogens (primary N) is 1. The lowest BCUT2D eigenvalue weighted by molar-refractivity contribution is -0.168. The van der Waals surface area contributed by atoms with Gasteiger partial charge in [-0.25, -0.2) is 4.79 Å². The molecule has 28 heavy (non-hydrogen) atoms. The van der Waals surface area contributed by atoms with E-state index in [1.807, 2.05) is 12.3 Å². The first kappa shape index (κ1) is 19.7. The molecule has 1 saturated carbocycles. The molecule has 2 atom stereocenters. The van der Waals surface area contributed by atoms with Crippen molar-refractivity contribution in [3.8, 4) is 0 Å². The van der Waals surface area contributed by atoms with Crippen molar-refractivity contribution in [2.45, 2.75) is 63.4 Å². The van der Waals surface area contributed by atoms with Gasteiger partial charge >= 0.3 is 5.97 Å². The number of fused-ring (bicyclic) bond motifs is 1. The fourth-order valence-electron chi connectivity index (χ4n) is 3.93. The lowest BCUT2D eigenvalue weighted by Crippen LogP contribution is -2.56. The Bertz CT molecular complexity index is 876. The van der Waals surface area contributed by atoms with Gasteiger partial charge in [-0.1, -0.05) is 12.8 Å². The van der Waals surface area contributed by atoms with E-state index in [-0.39, 0.29) is 6.42 Å². The fraction of sp³-hybridized carbons (Fsp3) is 0.619. The summed E-state index contributed by atoms with van der Waals surface area (Å²) in [4.78, 5) is 17.4. The maximum atomic E-state index is 12.9. The highest BCUT2D eigenvalue weighted by Gasteiger charge is 2.57. The Balaban J connectivity index is 1.66. The third kappa shape index (κ3) is 3.80. The zero-order valence-electron chi connectivity index (χ0n) is 16.7. The third-order valence-corrected chi connectivity index (χ3v) is 6.25. The fourth-order valence-corrected chi connectivity index (χ4v) is 4.56. The van der Waals surface area contributed by atoms with Gasteiger partial charge in [-0.15, -0.1) is 0 Å². The summed E-state index contributed by atoms with van der Waals surface area (Å²) in [5, 5.41) is 0.921. The number of rotatable bonds is 8. The number of cyclic esters (lactones) is 1. The van der Waals surface area contributed by atoms with Crippen LogP contribution in [0.5, 0.6) is 0 Å². The van der Waals surface area contributed by atoms with Gasteiger partial charge < -0.3 is 19.6 Å². The van der Waals surface area contributed by atoms with E-state index in [2.05, 4.69) is 11.1 Å². The lowest BCUT2D eigenvalue weighted by Gasteiger charge is -2.31. The number of ether oxygens (including phenoxy) is 2. The second kappa shape index (κ2) is 7.35. The first-order valence-corrected chi connectivity index (χ1v) is 11.3. The van der Waals surface area contributed by atoms with Crippen LogP contribution in [0.25, 0.3) is 11.0 Å². The molecule has 0 amide bonds. The zero-order valence-corrected chi connectivity index (χ0v) is 17.5. The summed E-state index contributed by atoms with van der Waals surface area (Å²) in [7, 11) is 0. The molecule has 2 aliphatic rings.